The zero-order valence-electron chi connectivity index (χ0n) is 16.7. The first-order valence-corrected chi connectivity index (χ1v) is 9.27. The molecule has 1 saturated heterocycles. The van der Waals surface area contributed by atoms with Crippen molar-refractivity contribution in [3.63, 3.8) is 0 Å². The molecular weight excluding hydrogens is 332 g/mol. The van der Waals surface area contributed by atoms with Crippen molar-refractivity contribution in [2.75, 3.05) is 13.1 Å². The van der Waals surface area contributed by atoms with E-state index < -0.39 is 5.60 Å². The lowest BCUT2D eigenvalue weighted by Gasteiger charge is -2.33. The molecule has 2 aromatic rings. The highest BCUT2D eigenvalue weighted by atomic mass is 16.6. The molecule has 0 aliphatic carbocycles. The molecule has 0 spiro atoms. The Balaban J connectivity index is 0.00000117. The molecule has 7 heteroatoms. The number of piperidine rings is 1. The van der Waals surface area contributed by atoms with Gasteiger partial charge in [-0.25, -0.2) is 14.8 Å². The summed E-state index contributed by atoms with van der Waals surface area (Å²) in [6.45, 7) is 12.8. The molecule has 0 aromatic carbocycles. The molecule has 3 rings (SSSR count). The topological polar surface area (TPSA) is 69.0 Å². The van der Waals surface area contributed by atoms with Crippen LogP contribution in [0.1, 0.15) is 53.2 Å². The van der Waals surface area contributed by atoms with Gasteiger partial charge in [0, 0.05) is 30.8 Å². The molecule has 0 bridgehead atoms. The highest BCUT2D eigenvalue weighted by Crippen LogP contribution is 2.22. The summed E-state index contributed by atoms with van der Waals surface area (Å²) in [7, 11) is 0. The van der Waals surface area contributed by atoms with Crippen molar-refractivity contribution >= 4 is 11.7 Å². The molecule has 0 N–H and O–H groups in total. The van der Waals surface area contributed by atoms with Crippen LogP contribution in [-0.2, 0) is 4.74 Å². The molecule has 1 fully saturated rings. The minimum Gasteiger partial charge on any atom is -0.470 e. The standard InChI is InChI=1S/C17H24N4O3.C2H6/c1-12-10-19-14-15(18-7-9-21(12)14)23-13-6-5-8-20(11-13)16(22)24-17(2,3)4;1-2/h7,9-10,13H,5-6,8,11H2,1-4H3;1-2H3. The highest BCUT2D eigenvalue weighted by Gasteiger charge is 2.29. The average molecular weight is 362 g/mol. The van der Waals surface area contributed by atoms with E-state index in [1.54, 1.807) is 17.3 Å². The van der Waals surface area contributed by atoms with Gasteiger partial charge in [0.1, 0.15) is 11.7 Å². The van der Waals surface area contributed by atoms with Crippen molar-refractivity contribution in [3.05, 3.63) is 24.3 Å². The largest absolute Gasteiger partial charge is 0.470 e. The van der Waals surface area contributed by atoms with Gasteiger partial charge in [-0.05, 0) is 40.5 Å². The number of carbonyl (C=O) groups excluding carboxylic acids is 1. The van der Waals surface area contributed by atoms with E-state index >= 15 is 0 Å². The lowest BCUT2D eigenvalue weighted by Crippen LogP contribution is -2.46. The van der Waals surface area contributed by atoms with Crippen LogP contribution in [-0.4, -0.2) is 50.2 Å². The number of hydrogen-bond acceptors (Lipinski definition) is 5. The van der Waals surface area contributed by atoms with Crippen molar-refractivity contribution < 1.29 is 14.3 Å². The van der Waals surface area contributed by atoms with Gasteiger partial charge in [0.2, 0.25) is 5.65 Å². The highest BCUT2D eigenvalue weighted by molar-refractivity contribution is 5.68. The Morgan fingerprint density at radius 1 is 1.27 bits per heavy atom. The lowest BCUT2D eigenvalue weighted by atomic mass is 10.1. The first-order chi connectivity index (χ1) is 12.3. The third kappa shape index (κ3) is 4.86. The number of rotatable bonds is 2. The summed E-state index contributed by atoms with van der Waals surface area (Å²) in [6.07, 6.45) is 6.70. The van der Waals surface area contributed by atoms with E-state index in [-0.39, 0.29) is 12.2 Å². The summed E-state index contributed by atoms with van der Waals surface area (Å²) in [5, 5.41) is 0. The molecule has 2 aromatic heterocycles. The van der Waals surface area contributed by atoms with Crippen molar-refractivity contribution in [3.8, 4) is 5.88 Å². The minimum atomic E-state index is -0.495. The van der Waals surface area contributed by atoms with Crippen molar-refractivity contribution in [2.24, 2.45) is 0 Å². The molecule has 144 valence electrons. The van der Waals surface area contributed by atoms with Crippen LogP contribution < -0.4 is 4.74 Å². The summed E-state index contributed by atoms with van der Waals surface area (Å²) >= 11 is 0. The Kier molecular flexibility index (Phi) is 6.45. The molecule has 1 atom stereocenters. The number of amides is 1. The van der Waals surface area contributed by atoms with Crippen LogP contribution in [0.15, 0.2) is 18.6 Å². The monoisotopic (exact) mass is 362 g/mol. The molecule has 0 saturated carbocycles. The Morgan fingerprint density at radius 2 is 2.00 bits per heavy atom. The molecule has 0 radical (unpaired) electrons. The van der Waals surface area contributed by atoms with E-state index in [9.17, 15) is 4.79 Å². The van der Waals surface area contributed by atoms with Gasteiger partial charge < -0.3 is 14.4 Å². The van der Waals surface area contributed by atoms with E-state index in [0.717, 1.165) is 18.5 Å². The summed E-state index contributed by atoms with van der Waals surface area (Å²) in [6, 6.07) is 0. The van der Waals surface area contributed by atoms with Gasteiger partial charge in [-0.15, -0.1) is 0 Å². The number of ether oxygens (including phenoxy) is 2. The van der Waals surface area contributed by atoms with E-state index in [2.05, 4.69) is 9.97 Å². The van der Waals surface area contributed by atoms with E-state index in [0.29, 0.717) is 24.6 Å². The molecule has 26 heavy (non-hydrogen) atoms. The third-order valence-electron chi connectivity index (χ3n) is 3.89. The number of hydrogen-bond donors (Lipinski definition) is 0. The van der Waals surface area contributed by atoms with E-state index in [1.165, 1.54) is 0 Å². The van der Waals surface area contributed by atoms with Gasteiger partial charge in [0.25, 0.3) is 5.88 Å². The minimum absolute atomic E-state index is 0.109. The predicted molar refractivity (Wildman–Crippen MR) is 101 cm³/mol. The van der Waals surface area contributed by atoms with E-state index in [4.69, 9.17) is 9.47 Å². The summed E-state index contributed by atoms with van der Waals surface area (Å²) in [4.78, 5) is 22.6. The number of aromatic nitrogens is 3. The maximum absolute atomic E-state index is 12.2. The van der Waals surface area contributed by atoms with Gasteiger partial charge >= 0.3 is 6.09 Å². The van der Waals surface area contributed by atoms with Crippen LogP contribution in [0, 0.1) is 6.92 Å². The normalized spacial score (nSPS) is 17.5. The summed E-state index contributed by atoms with van der Waals surface area (Å²) in [5.74, 6) is 0.502. The van der Waals surface area contributed by atoms with Gasteiger partial charge in [-0.2, -0.15) is 0 Å². The zero-order valence-corrected chi connectivity index (χ0v) is 16.7. The van der Waals surface area contributed by atoms with Crippen LogP contribution in [0.5, 0.6) is 5.88 Å². The average Bonchev–Trinajstić information content (AvgIpc) is 2.98. The van der Waals surface area contributed by atoms with Gasteiger partial charge in [0.15, 0.2) is 0 Å². The van der Waals surface area contributed by atoms with Crippen LogP contribution >= 0.6 is 0 Å². The second-order valence-electron chi connectivity index (χ2n) is 7.13. The van der Waals surface area contributed by atoms with Crippen LogP contribution in [0.2, 0.25) is 0 Å². The Hall–Kier alpha value is -2.31. The first-order valence-electron chi connectivity index (χ1n) is 9.27. The van der Waals surface area contributed by atoms with Crippen molar-refractivity contribution in [1.82, 2.24) is 19.3 Å². The second-order valence-corrected chi connectivity index (χ2v) is 7.13. The van der Waals surface area contributed by atoms with Gasteiger partial charge in [-0.1, -0.05) is 13.8 Å². The van der Waals surface area contributed by atoms with E-state index in [1.807, 2.05) is 52.1 Å². The Bertz CT molecular complexity index is 736. The third-order valence-corrected chi connectivity index (χ3v) is 3.89. The predicted octanol–water partition coefficient (Wildman–Crippen LogP) is 3.84. The number of fused-ring (bicyclic) bond motifs is 1. The fourth-order valence-corrected chi connectivity index (χ4v) is 2.79. The van der Waals surface area contributed by atoms with Crippen LogP contribution in [0.25, 0.3) is 5.65 Å². The molecule has 1 unspecified atom stereocenters. The fourth-order valence-electron chi connectivity index (χ4n) is 2.79. The second kappa shape index (κ2) is 8.38. The lowest BCUT2D eigenvalue weighted by molar-refractivity contribution is 0.00736. The SMILES string of the molecule is CC.Cc1cnc2c(OC3CCCN(C(=O)OC(C)(C)C)C3)nccn12. The smallest absolute Gasteiger partial charge is 0.410 e. The summed E-state index contributed by atoms with van der Waals surface area (Å²) in [5.41, 5.74) is 1.23. The molecule has 7 nitrogen and oxygen atoms in total. The van der Waals surface area contributed by atoms with Gasteiger partial charge in [-0.3, -0.25) is 4.40 Å². The fraction of sp³-hybridized carbons (Fsp3) is 0.632. The Labute approximate surface area is 155 Å². The maximum atomic E-state index is 12.2. The van der Waals surface area contributed by atoms with Gasteiger partial charge in [0.05, 0.1) is 6.54 Å². The first kappa shape index (κ1) is 20.0. The Morgan fingerprint density at radius 3 is 2.69 bits per heavy atom. The number of carbonyl (C=O) groups is 1. The molecule has 1 aliphatic rings. The summed E-state index contributed by atoms with van der Waals surface area (Å²) < 4.78 is 13.4. The number of nitrogens with zero attached hydrogens (tertiary/aromatic N) is 4. The van der Waals surface area contributed by atoms with Crippen molar-refractivity contribution in [2.45, 2.75) is 66.1 Å². The number of aryl methyl sites for hydroxylation is 1. The molecular formula is C19H30N4O3. The van der Waals surface area contributed by atoms with Crippen LogP contribution in [0.4, 0.5) is 4.79 Å². The quantitative estimate of drug-likeness (QED) is 0.812. The molecule has 1 amide bonds. The van der Waals surface area contributed by atoms with Crippen LogP contribution in [0.3, 0.4) is 0 Å². The number of likely N-dealkylation sites (tertiary alicyclic amines) is 1. The van der Waals surface area contributed by atoms with Crippen molar-refractivity contribution in [1.29, 1.82) is 0 Å². The zero-order chi connectivity index (χ0) is 19.3. The molecule has 1 aliphatic heterocycles. The molecule has 3 heterocycles. The maximum Gasteiger partial charge on any atom is 0.410 e. The number of imidazole rings is 1.